The summed E-state index contributed by atoms with van der Waals surface area (Å²) < 4.78 is 8.09. The molecular formula is C59H73N4O5+. The maximum atomic E-state index is 13.8. The molecule has 0 atom stereocenters. The molecule has 0 radical (unpaired) electrons. The first-order chi connectivity index (χ1) is 33.0. The molecule has 4 N–H and O–H groups in total. The van der Waals surface area contributed by atoms with Crippen LogP contribution >= 0.6 is 0 Å². The number of nitrogens with zero attached hydrogens (tertiary/aromatic N) is 3. The van der Waals surface area contributed by atoms with Gasteiger partial charge in [0.1, 0.15) is 24.9 Å². The second kappa shape index (κ2) is 24.4. The molecule has 0 spiro atoms. The van der Waals surface area contributed by atoms with Gasteiger partial charge < -0.3 is 35.2 Å². The van der Waals surface area contributed by atoms with E-state index in [2.05, 4.69) is 114 Å². The molecule has 3 aliphatic heterocycles. The van der Waals surface area contributed by atoms with Gasteiger partial charge in [0.2, 0.25) is 5.91 Å². The Balaban J connectivity index is 0.000000183. The number of carbonyl (C=O) groups is 1. The Morgan fingerprint density at radius 1 is 0.588 bits per heavy atom. The molecule has 0 aromatic heterocycles. The number of rotatable bonds is 10. The van der Waals surface area contributed by atoms with E-state index in [0.29, 0.717) is 19.3 Å². The van der Waals surface area contributed by atoms with Crippen LogP contribution in [-0.4, -0.2) is 116 Å². The van der Waals surface area contributed by atoms with Crippen molar-refractivity contribution in [2.75, 3.05) is 74.6 Å². The molecule has 68 heavy (non-hydrogen) atoms. The number of nitrogens with one attached hydrogen (secondary N) is 1. The number of piperidine rings is 2. The van der Waals surface area contributed by atoms with Crippen LogP contribution in [0.3, 0.4) is 0 Å². The van der Waals surface area contributed by atoms with Crippen LogP contribution in [0.4, 0.5) is 0 Å². The zero-order valence-corrected chi connectivity index (χ0v) is 40.8. The number of likely N-dealkylation sites (tertiary alicyclic amines) is 1. The van der Waals surface area contributed by atoms with Crippen molar-refractivity contribution in [3.8, 4) is 0 Å². The summed E-state index contributed by atoms with van der Waals surface area (Å²) in [5.41, 5.74) is 4.41. The fourth-order valence-electron chi connectivity index (χ4n) is 10.2. The lowest BCUT2D eigenvalue weighted by Gasteiger charge is -2.41. The van der Waals surface area contributed by atoms with E-state index in [1.54, 1.807) is 4.90 Å². The van der Waals surface area contributed by atoms with E-state index >= 15 is 0 Å². The average molecular weight is 918 g/mol. The average Bonchev–Trinajstić information content (AvgIpc) is 3.87. The van der Waals surface area contributed by atoms with E-state index in [4.69, 9.17) is 9.84 Å². The molecule has 9 heteroatoms. The first kappa shape index (κ1) is 51.5. The summed E-state index contributed by atoms with van der Waals surface area (Å²) in [6, 6.07) is 61.6. The van der Waals surface area contributed by atoms with Gasteiger partial charge >= 0.3 is 5.90 Å². The van der Waals surface area contributed by atoms with E-state index in [1.807, 2.05) is 111 Å². The number of benzene rings is 6. The van der Waals surface area contributed by atoms with E-state index < -0.39 is 16.6 Å². The number of carbonyl (C=O) groups excluding carboxylic acids is 1. The molecule has 6 aromatic carbocycles. The molecule has 9 rings (SSSR count). The van der Waals surface area contributed by atoms with Crippen molar-refractivity contribution in [2.45, 2.75) is 60.6 Å². The van der Waals surface area contributed by atoms with Crippen molar-refractivity contribution in [3.05, 3.63) is 215 Å². The maximum absolute atomic E-state index is 13.8. The Morgan fingerprint density at radius 3 is 1.34 bits per heavy atom. The summed E-state index contributed by atoms with van der Waals surface area (Å²) in [5.74, 6) is 1.13. The number of hydrogen-bond donors (Lipinski definition) is 4. The Kier molecular flexibility index (Phi) is 18.4. The van der Waals surface area contributed by atoms with Crippen LogP contribution in [0, 0.1) is 0 Å². The third-order valence-electron chi connectivity index (χ3n) is 13.9. The SMILES string of the molecule is CN(C)C(=O)C(CCN1CCC(O)(c2ccccc2)CC1)(c1ccccc1)c1ccccc1.CO.C[N+](C)=C1OCCC1(c1ccccc1)c1ccccc1.OC1(c2ccccc2)CCNCC1. The van der Waals surface area contributed by atoms with Gasteiger partial charge in [-0.3, -0.25) is 4.79 Å². The van der Waals surface area contributed by atoms with Crippen LogP contribution in [0.25, 0.3) is 0 Å². The molecule has 3 aliphatic rings. The van der Waals surface area contributed by atoms with E-state index in [1.165, 1.54) is 11.1 Å². The van der Waals surface area contributed by atoms with E-state index in [9.17, 15) is 15.0 Å². The minimum atomic E-state index is -0.771. The number of hydrogen-bond acceptors (Lipinski definition) is 7. The lowest BCUT2D eigenvalue weighted by atomic mass is 9.70. The van der Waals surface area contributed by atoms with Crippen LogP contribution in [0.1, 0.15) is 71.9 Å². The van der Waals surface area contributed by atoms with Gasteiger partial charge in [-0.05, 0) is 85.1 Å². The fourth-order valence-corrected chi connectivity index (χ4v) is 10.2. The van der Waals surface area contributed by atoms with Crippen molar-refractivity contribution in [3.63, 3.8) is 0 Å². The van der Waals surface area contributed by atoms with Gasteiger partial charge in [-0.1, -0.05) is 182 Å². The molecule has 9 nitrogen and oxygen atoms in total. The number of amides is 1. The van der Waals surface area contributed by atoms with Gasteiger partial charge in [0.05, 0.1) is 17.8 Å². The highest BCUT2D eigenvalue weighted by Crippen LogP contribution is 2.42. The molecule has 1 amide bonds. The van der Waals surface area contributed by atoms with Crippen LogP contribution in [0.5, 0.6) is 0 Å². The number of aliphatic hydroxyl groups excluding tert-OH is 1. The highest BCUT2D eigenvalue weighted by atomic mass is 16.5. The largest absolute Gasteiger partial charge is 0.447 e. The summed E-state index contributed by atoms with van der Waals surface area (Å²) >= 11 is 0. The van der Waals surface area contributed by atoms with Crippen LogP contribution in [0.15, 0.2) is 182 Å². The summed E-state index contributed by atoms with van der Waals surface area (Å²) in [7, 11) is 8.79. The quantitative estimate of drug-likeness (QED) is 0.102. The lowest BCUT2D eigenvalue weighted by molar-refractivity contribution is -0.476. The minimum Gasteiger partial charge on any atom is -0.447 e. The van der Waals surface area contributed by atoms with Crippen molar-refractivity contribution in [1.29, 1.82) is 0 Å². The fraction of sp³-hybridized carbons (Fsp3) is 0.356. The van der Waals surface area contributed by atoms with Gasteiger partial charge in [0.15, 0.2) is 0 Å². The van der Waals surface area contributed by atoms with E-state index in [-0.39, 0.29) is 11.3 Å². The molecule has 0 aliphatic carbocycles. The zero-order chi connectivity index (χ0) is 48.5. The molecule has 0 saturated carbocycles. The van der Waals surface area contributed by atoms with Crippen LogP contribution in [0.2, 0.25) is 0 Å². The number of ether oxygens (including phenoxy) is 1. The maximum Gasteiger partial charge on any atom is 0.351 e. The summed E-state index contributed by atoms with van der Waals surface area (Å²) in [6.45, 7) is 4.98. The molecule has 3 heterocycles. The van der Waals surface area contributed by atoms with Crippen LogP contribution < -0.4 is 5.32 Å². The molecule has 358 valence electrons. The van der Waals surface area contributed by atoms with Gasteiger partial charge in [0, 0.05) is 40.7 Å². The predicted octanol–water partition coefficient (Wildman–Crippen LogP) is 8.36. The van der Waals surface area contributed by atoms with Crippen molar-refractivity contribution >= 4 is 11.8 Å². The second-order valence-electron chi connectivity index (χ2n) is 18.4. The van der Waals surface area contributed by atoms with Gasteiger partial charge in [-0.2, -0.15) is 0 Å². The van der Waals surface area contributed by atoms with Gasteiger partial charge in [-0.25, -0.2) is 4.58 Å². The third kappa shape index (κ3) is 11.8. The highest BCUT2D eigenvalue weighted by molar-refractivity contribution is 5.92. The van der Waals surface area contributed by atoms with Crippen molar-refractivity contribution in [2.24, 2.45) is 0 Å². The van der Waals surface area contributed by atoms with Gasteiger partial charge in [-0.15, -0.1) is 0 Å². The first-order valence-electron chi connectivity index (χ1n) is 24.1. The van der Waals surface area contributed by atoms with E-state index in [0.717, 1.165) is 93.9 Å². The Hall–Kier alpha value is -5.94. The van der Waals surface area contributed by atoms with Crippen molar-refractivity contribution in [1.82, 2.24) is 15.1 Å². The Labute approximate surface area is 405 Å². The molecule has 0 unspecified atom stereocenters. The molecule has 6 aromatic rings. The topological polar surface area (TPSA) is 109 Å². The molecule has 0 bridgehead atoms. The normalized spacial score (nSPS) is 17.0. The summed E-state index contributed by atoms with van der Waals surface area (Å²) in [4.78, 5) is 17.9. The number of likely N-dealkylation sites (N-methyl/N-ethyl adjacent to an activating group) is 1. The Morgan fingerprint density at radius 2 is 0.956 bits per heavy atom. The summed E-state index contributed by atoms with van der Waals surface area (Å²) in [5, 5.41) is 31.8. The monoisotopic (exact) mass is 918 g/mol. The lowest BCUT2D eigenvalue weighted by Crippen LogP contribution is -2.48. The van der Waals surface area contributed by atoms with Crippen LogP contribution in [-0.2, 0) is 31.6 Å². The second-order valence-corrected chi connectivity index (χ2v) is 18.4. The number of aliphatic hydroxyl groups is 3. The standard InChI is InChI=1S/C29H34N2O2.C18H20NO.C11H15NO.CH4O/c1-30(2)27(32)29(25-14-8-4-9-15-25,26-16-10-5-11-17-26)20-23-31-21-18-28(33,19-22-31)24-12-6-3-7-13-24;1-19(2)17-18(13-14-20-17,15-9-5-3-6-10-15)16-11-7-4-8-12-16;13-11(6-8-12-9-7-11)10-4-2-1-3-5-10;1-2/h3-17,33H,18-23H2,1-2H3;3-12H,13-14H2,1-2H3;1-5,12-13H,6-9H2;2H,1H3/q;+1;;. The predicted molar refractivity (Wildman–Crippen MR) is 275 cm³/mol. The smallest absolute Gasteiger partial charge is 0.351 e. The third-order valence-corrected chi connectivity index (χ3v) is 13.9. The molecule has 3 fully saturated rings. The van der Waals surface area contributed by atoms with Crippen molar-refractivity contribution < 1.29 is 29.4 Å². The summed E-state index contributed by atoms with van der Waals surface area (Å²) in [6.07, 6.45) is 4.69. The molecular weight excluding hydrogens is 845 g/mol. The van der Waals surface area contributed by atoms with Gasteiger partial charge in [0.25, 0.3) is 0 Å². The zero-order valence-electron chi connectivity index (χ0n) is 40.8. The Bertz CT molecular complexity index is 2340. The first-order valence-corrected chi connectivity index (χ1v) is 24.1. The molecule has 3 saturated heterocycles. The minimum absolute atomic E-state index is 0.0951. The highest BCUT2D eigenvalue weighted by Gasteiger charge is 2.50.